The molecule has 6 nitrogen and oxygen atoms in total. The zero-order valence-corrected chi connectivity index (χ0v) is 13.5. The molecule has 1 rings (SSSR count). The molecule has 0 aromatic heterocycles. The summed E-state index contributed by atoms with van der Waals surface area (Å²) in [5, 5.41) is 11.7. The van der Waals surface area contributed by atoms with Gasteiger partial charge in [-0.1, -0.05) is 6.08 Å². The first-order chi connectivity index (χ1) is 11.0. The summed E-state index contributed by atoms with van der Waals surface area (Å²) < 4.78 is 10.9. The van der Waals surface area contributed by atoms with E-state index in [4.69, 9.17) is 14.6 Å². The summed E-state index contributed by atoms with van der Waals surface area (Å²) in [6.07, 6.45) is 2.41. The maximum atomic E-state index is 12.3. The first-order valence-electron chi connectivity index (χ1n) is 7.57. The molecule has 0 spiro atoms. The van der Waals surface area contributed by atoms with E-state index in [1.807, 2.05) is 13.8 Å². The summed E-state index contributed by atoms with van der Waals surface area (Å²) >= 11 is 0. The molecule has 1 atom stereocenters. The van der Waals surface area contributed by atoms with E-state index in [2.05, 4.69) is 11.9 Å². The molecule has 1 aromatic carbocycles. The molecule has 23 heavy (non-hydrogen) atoms. The van der Waals surface area contributed by atoms with Crippen molar-refractivity contribution in [3.8, 4) is 11.5 Å². The van der Waals surface area contributed by atoms with Crippen molar-refractivity contribution in [3.05, 3.63) is 36.4 Å². The van der Waals surface area contributed by atoms with Gasteiger partial charge in [0.05, 0.1) is 13.2 Å². The highest BCUT2D eigenvalue weighted by atomic mass is 16.5. The number of rotatable bonds is 10. The van der Waals surface area contributed by atoms with E-state index < -0.39 is 17.9 Å². The SMILES string of the molecule is C=CCCC(NC(=O)c1ccc(OCC)c(OCC)c1)C(=O)O. The highest BCUT2D eigenvalue weighted by Crippen LogP contribution is 2.28. The zero-order valence-electron chi connectivity index (χ0n) is 13.5. The number of amides is 1. The van der Waals surface area contributed by atoms with Gasteiger partial charge in [0.1, 0.15) is 6.04 Å². The number of benzene rings is 1. The van der Waals surface area contributed by atoms with Gasteiger partial charge in [-0.25, -0.2) is 4.79 Å². The number of carbonyl (C=O) groups excluding carboxylic acids is 1. The monoisotopic (exact) mass is 321 g/mol. The van der Waals surface area contributed by atoms with Crippen molar-refractivity contribution in [2.75, 3.05) is 13.2 Å². The fourth-order valence-corrected chi connectivity index (χ4v) is 1.98. The predicted molar refractivity (Wildman–Crippen MR) is 87.1 cm³/mol. The molecule has 2 N–H and O–H groups in total. The predicted octanol–water partition coefficient (Wildman–Crippen LogP) is 2.63. The van der Waals surface area contributed by atoms with Crippen LogP contribution in [0.3, 0.4) is 0 Å². The van der Waals surface area contributed by atoms with E-state index in [-0.39, 0.29) is 0 Å². The quantitative estimate of drug-likeness (QED) is 0.647. The van der Waals surface area contributed by atoms with Crippen molar-refractivity contribution in [2.24, 2.45) is 0 Å². The van der Waals surface area contributed by atoms with Crippen molar-refractivity contribution in [1.82, 2.24) is 5.32 Å². The minimum Gasteiger partial charge on any atom is -0.490 e. The molecule has 0 fully saturated rings. The van der Waals surface area contributed by atoms with Gasteiger partial charge in [-0.05, 0) is 44.9 Å². The minimum atomic E-state index is -1.07. The van der Waals surface area contributed by atoms with Crippen LogP contribution in [0.1, 0.15) is 37.0 Å². The molecule has 0 aliphatic carbocycles. The molecule has 0 heterocycles. The van der Waals surface area contributed by atoms with Gasteiger partial charge in [-0.2, -0.15) is 0 Å². The first-order valence-corrected chi connectivity index (χ1v) is 7.57. The number of allylic oxidation sites excluding steroid dienone is 1. The number of ether oxygens (including phenoxy) is 2. The van der Waals surface area contributed by atoms with Crippen LogP contribution in [0.15, 0.2) is 30.9 Å². The Bertz CT molecular complexity index is 556. The zero-order chi connectivity index (χ0) is 17.2. The number of nitrogens with one attached hydrogen (secondary N) is 1. The van der Waals surface area contributed by atoms with Crippen LogP contribution in [0, 0.1) is 0 Å². The Kier molecular flexibility index (Phi) is 7.66. The fourth-order valence-electron chi connectivity index (χ4n) is 1.98. The van der Waals surface area contributed by atoms with Crippen molar-refractivity contribution in [2.45, 2.75) is 32.7 Å². The van der Waals surface area contributed by atoms with Crippen molar-refractivity contribution < 1.29 is 24.2 Å². The number of carbonyl (C=O) groups is 2. The van der Waals surface area contributed by atoms with E-state index in [1.54, 1.807) is 24.3 Å². The molecule has 0 bridgehead atoms. The van der Waals surface area contributed by atoms with Crippen LogP contribution in [0.4, 0.5) is 0 Å². The second-order valence-electron chi connectivity index (χ2n) is 4.76. The second-order valence-corrected chi connectivity index (χ2v) is 4.76. The lowest BCUT2D eigenvalue weighted by Crippen LogP contribution is -2.40. The van der Waals surface area contributed by atoms with E-state index in [9.17, 15) is 9.59 Å². The summed E-state index contributed by atoms with van der Waals surface area (Å²) in [5.74, 6) is -0.533. The number of hydrogen-bond donors (Lipinski definition) is 2. The highest BCUT2D eigenvalue weighted by molar-refractivity contribution is 5.97. The van der Waals surface area contributed by atoms with Gasteiger partial charge in [-0.15, -0.1) is 6.58 Å². The molecule has 0 aliphatic heterocycles. The van der Waals surface area contributed by atoms with Crippen LogP contribution < -0.4 is 14.8 Å². The summed E-state index contributed by atoms with van der Waals surface area (Å²) in [4.78, 5) is 23.4. The molecular weight excluding hydrogens is 298 g/mol. The van der Waals surface area contributed by atoms with E-state index in [1.165, 1.54) is 0 Å². The Morgan fingerprint density at radius 2 is 1.91 bits per heavy atom. The number of carboxylic acid groups (broad SMARTS) is 1. The molecule has 0 saturated carbocycles. The van der Waals surface area contributed by atoms with Crippen LogP contribution in [0.25, 0.3) is 0 Å². The van der Waals surface area contributed by atoms with Crippen LogP contribution in [0.2, 0.25) is 0 Å². The van der Waals surface area contributed by atoms with Crippen LogP contribution >= 0.6 is 0 Å². The summed E-state index contributed by atoms with van der Waals surface area (Å²) in [6.45, 7) is 8.15. The van der Waals surface area contributed by atoms with Gasteiger partial charge in [-0.3, -0.25) is 4.79 Å². The van der Waals surface area contributed by atoms with Gasteiger partial charge in [0.2, 0.25) is 0 Å². The number of aliphatic carboxylic acids is 1. The van der Waals surface area contributed by atoms with E-state index in [0.29, 0.717) is 43.1 Å². The smallest absolute Gasteiger partial charge is 0.326 e. The lowest BCUT2D eigenvalue weighted by Gasteiger charge is -2.15. The lowest BCUT2D eigenvalue weighted by molar-refractivity contribution is -0.139. The molecule has 1 unspecified atom stereocenters. The lowest BCUT2D eigenvalue weighted by atomic mass is 10.1. The van der Waals surface area contributed by atoms with Crippen LogP contribution in [-0.2, 0) is 4.79 Å². The van der Waals surface area contributed by atoms with Gasteiger partial charge in [0, 0.05) is 5.56 Å². The first kappa shape index (κ1) is 18.5. The van der Waals surface area contributed by atoms with Gasteiger partial charge < -0.3 is 19.9 Å². The van der Waals surface area contributed by atoms with Gasteiger partial charge in [0.15, 0.2) is 11.5 Å². The Morgan fingerprint density at radius 3 is 2.48 bits per heavy atom. The van der Waals surface area contributed by atoms with Crippen LogP contribution in [0.5, 0.6) is 11.5 Å². The second kappa shape index (κ2) is 9.50. The third-order valence-corrected chi connectivity index (χ3v) is 3.07. The molecule has 6 heteroatoms. The Hall–Kier alpha value is -2.50. The summed E-state index contributed by atoms with van der Waals surface area (Å²) in [7, 11) is 0. The van der Waals surface area contributed by atoms with Gasteiger partial charge in [0.25, 0.3) is 5.91 Å². The number of hydrogen-bond acceptors (Lipinski definition) is 4. The molecule has 0 aliphatic rings. The Labute approximate surface area is 136 Å². The van der Waals surface area contributed by atoms with Gasteiger partial charge >= 0.3 is 5.97 Å². The summed E-state index contributed by atoms with van der Waals surface area (Å²) in [5.41, 5.74) is 0.321. The maximum absolute atomic E-state index is 12.3. The van der Waals surface area contributed by atoms with Crippen molar-refractivity contribution in [3.63, 3.8) is 0 Å². The van der Waals surface area contributed by atoms with Crippen molar-refractivity contribution in [1.29, 1.82) is 0 Å². The molecular formula is C17H23NO5. The molecule has 0 radical (unpaired) electrons. The number of carboxylic acids is 1. The average Bonchev–Trinajstić information content (AvgIpc) is 2.53. The Balaban J connectivity index is 2.91. The topological polar surface area (TPSA) is 84.9 Å². The molecule has 0 saturated heterocycles. The molecule has 1 amide bonds. The fraction of sp³-hybridized carbons (Fsp3) is 0.412. The maximum Gasteiger partial charge on any atom is 0.326 e. The third kappa shape index (κ3) is 5.65. The standard InChI is InChI=1S/C17H23NO5/c1-4-7-8-13(17(20)21)18-16(19)12-9-10-14(22-5-2)15(11-12)23-6-3/h4,9-11,13H,1,5-8H2,2-3H3,(H,18,19)(H,20,21). The summed E-state index contributed by atoms with van der Waals surface area (Å²) in [6, 6.07) is 3.82. The highest BCUT2D eigenvalue weighted by Gasteiger charge is 2.20. The van der Waals surface area contributed by atoms with Crippen molar-refractivity contribution >= 4 is 11.9 Å². The average molecular weight is 321 g/mol. The van der Waals surface area contributed by atoms with E-state index >= 15 is 0 Å². The normalized spacial score (nSPS) is 11.4. The van der Waals surface area contributed by atoms with E-state index in [0.717, 1.165) is 0 Å². The Morgan fingerprint density at radius 1 is 1.26 bits per heavy atom. The minimum absolute atomic E-state index is 0.292. The third-order valence-electron chi connectivity index (χ3n) is 3.07. The molecule has 126 valence electrons. The molecule has 1 aromatic rings. The van der Waals surface area contributed by atoms with Crippen LogP contribution in [-0.4, -0.2) is 36.2 Å². The largest absolute Gasteiger partial charge is 0.490 e.